The molecule has 0 saturated carbocycles. The van der Waals surface area contributed by atoms with Crippen LogP contribution >= 0.6 is 0 Å². The van der Waals surface area contributed by atoms with Gasteiger partial charge in [-0.15, -0.1) is 0 Å². The van der Waals surface area contributed by atoms with Crippen LogP contribution in [0.5, 0.6) is 0 Å². The molecule has 2 atom stereocenters. The number of hydrogen-bond donors (Lipinski definition) is 3. The molecule has 3 N–H and O–H groups in total. The summed E-state index contributed by atoms with van der Waals surface area (Å²) in [6.07, 6.45) is 1.58. The van der Waals surface area contributed by atoms with Gasteiger partial charge in [-0.25, -0.2) is 4.79 Å². The predicted molar refractivity (Wildman–Crippen MR) is 119 cm³/mol. The second-order valence-electron chi connectivity index (χ2n) is 7.69. The second kappa shape index (κ2) is 9.76. The zero-order chi connectivity index (χ0) is 21.6. The number of H-pyrrole nitrogens is 1. The van der Waals surface area contributed by atoms with Gasteiger partial charge in [-0.1, -0.05) is 30.3 Å². The Morgan fingerprint density at radius 3 is 2.74 bits per heavy atom. The molecule has 1 amide bonds. The van der Waals surface area contributed by atoms with Crippen molar-refractivity contribution in [1.29, 1.82) is 0 Å². The Labute approximate surface area is 181 Å². The Bertz CT molecular complexity index is 1050. The van der Waals surface area contributed by atoms with Crippen LogP contribution in [0, 0.1) is 0 Å². The van der Waals surface area contributed by atoms with E-state index in [-0.39, 0.29) is 17.9 Å². The molecule has 162 valence electrons. The first kappa shape index (κ1) is 21.1. The van der Waals surface area contributed by atoms with E-state index in [0.29, 0.717) is 31.0 Å². The average Bonchev–Trinajstić information content (AvgIpc) is 3.44. The van der Waals surface area contributed by atoms with Crippen LogP contribution in [0.2, 0.25) is 0 Å². The van der Waals surface area contributed by atoms with Crippen LogP contribution in [0.15, 0.2) is 54.6 Å². The van der Waals surface area contributed by atoms with Crippen molar-refractivity contribution >= 4 is 28.5 Å². The molecule has 0 aliphatic carbocycles. The number of fused-ring (bicyclic) bond motifs is 1. The third kappa shape index (κ3) is 4.95. The highest BCUT2D eigenvalue weighted by molar-refractivity contribution is 5.99. The van der Waals surface area contributed by atoms with Crippen molar-refractivity contribution in [3.8, 4) is 0 Å². The topological polar surface area (TPSA) is 92.4 Å². The molecule has 7 heteroatoms. The Balaban J connectivity index is 1.42. The van der Waals surface area contributed by atoms with Gasteiger partial charge in [0.25, 0.3) is 0 Å². The largest absolute Gasteiger partial charge is 0.461 e. The number of esters is 1. The standard InChI is InChI=1S/C24H27N3O4/c1-30-12-5-13-31-24(29)21-15-17-14-18(8-9-20(17)27-21)26-23(28)22-19(10-11-25-22)16-6-3-2-4-7-16/h2-4,6-9,14-15,19,22,25,27H,5,10-13H2,1H3,(H,26,28)/t19-,22-/m0/s1. The van der Waals surface area contributed by atoms with E-state index in [2.05, 4.69) is 27.8 Å². The molecule has 1 aromatic heterocycles. The maximum atomic E-state index is 13.0. The fourth-order valence-electron chi connectivity index (χ4n) is 4.02. The SMILES string of the molecule is COCCCOC(=O)c1cc2cc(NC(=O)[C@H]3NCC[C@H]3c3ccccc3)ccc2[nH]1. The van der Waals surface area contributed by atoms with Crippen LogP contribution in [0.25, 0.3) is 10.9 Å². The van der Waals surface area contributed by atoms with Gasteiger partial charge in [0.2, 0.25) is 5.91 Å². The van der Waals surface area contributed by atoms with E-state index in [4.69, 9.17) is 9.47 Å². The molecule has 4 rings (SSSR count). The van der Waals surface area contributed by atoms with Gasteiger partial charge >= 0.3 is 5.97 Å². The molecule has 7 nitrogen and oxygen atoms in total. The van der Waals surface area contributed by atoms with Gasteiger partial charge < -0.3 is 25.1 Å². The van der Waals surface area contributed by atoms with Gasteiger partial charge in [-0.2, -0.15) is 0 Å². The van der Waals surface area contributed by atoms with Gasteiger partial charge in [0.05, 0.1) is 12.6 Å². The molecule has 1 saturated heterocycles. The van der Waals surface area contributed by atoms with Crippen LogP contribution in [0.1, 0.15) is 34.8 Å². The molecule has 0 radical (unpaired) electrons. The fourth-order valence-corrected chi connectivity index (χ4v) is 4.02. The maximum Gasteiger partial charge on any atom is 0.354 e. The second-order valence-corrected chi connectivity index (χ2v) is 7.69. The van der Waals surface area contributed by atoms with Crippen LogP contribution in [-0.4, -0.2) is 49.8 Å². The number of benzene rings is 2. The summed E-state index contributed by atoms with van der Waals surface area (Å²) >= 11 is 0. The fraction of sp³-hybridized carbons (Fsp3) is 0.333. The number of rotatable bonds is 8. The maximum absolute atomic E-state index is 13.0. The number of methoxy groups -OCH3 is 1. The summed E-state index contributed by atoms with van der Waals surface area (Å²) in [5.41, 5.74) is 3.06. The summed E-state index contributed by atoms with van der Waals surface area (Å²) in [6, 6.07) is 17.1. The summed E-state index contributed by atoms with van der Waals surface area (Å²) in [4.78, 5) is 28.2. The van der Waals surface area contributed by atoms with Crippen molar-refractivity contribution in [1.82, 2.24) is 10.3 Å². The first-order chi connectivity index (χ1) is 15.2. The van der Waals surface area contributed by atoms with Crippen molar-refractivity contribution < 1.29 is 19.1 Å². The highest BCUT2D eigenvalue weighted by Gasteiger charge is 2.33. The number of carbonyl (C=O) groups is 2. The summed E-state index contributed by atoms with van der Waals surface area (Å²) < 4.78 is 10.2. The number of amides is 1. The molecule has 1 fully saturated rings. The van der Waals surface area contributed by atoms with Crippen molar-refractivity contribution in [2.24, 2.45) is 0 Å². The highest BCUT2D eigenvalue weighted by atomic mass is 16.5. The smallest absolute Gasteiger partial charge is 0.354 e. The van der Waals surface area contributed by atoms with Crippen molar-refractivity contribution in [2.45, 2.75) is 24.8 Å². The molecule has 2 heterocycles. The number of nitrogens with one attached hydrogen (secondary N) is 3. The number of aromatic nitrogens is 1. The average molecular weight is 421 g/mol. The molecule has 0 bridgehead atoms. The summed E-state index contributed by atoms with van der Waals surface area (Å²) in [5, 5.41) is 7.17. The normalized spacial score (nSPS) is 18.2. The van der Waals surface area contributed by atoms with E-state index in [9.17, 15) is 9.59 Å². The van der Waals surface area contributed by atoms with Gasteiger partial charge in [0.1, 0.15) is 5.69 Å². The summed E-state index contributed by atoms with van der Waals surface area (Å²) in [6.45, 7) is 1.66. The quantitative estimate of drug-likeness (QED) is 0.383. The Hall–Kier alpha value is -3.16. The molecule has 31 heavy (non-hydrogen) atoms. The molecule has 0 unspecified atom stereocenters. The van der Waals surface area contributed by atoms with E-state index >= 15 is 0 Å². The van der Waals surface area contributed by atoms with Crippen LogP contribution in [0.3, 0.4) is 0 Å². The van der Waals surface area contributed by atoms with Crippen molar-refractivity contribution in [2.75, 3.05) is 32.2 Å². The Kier molecular flexibility index (Phi) is 6.64. The molecule has 2 aromatic carbocycles. The lowest BCUT2D eigenvalue weighted by Crippen LogP contribution is -2.39. The van der Waals surface area contributed by atoms with E-state index in [0.717, 1.165) is 23.9 Å². The minimum atomic E-state index is -0.404. The van der Waals surface area contributed by atoms with E-state index < -0.39 is 5.97 Å². The van der Waals surface area contributed by atoms with Crippen molar-refractivity contribution in [3.63, 3.8) is 0 Å². The first-order valence-corrected chi connectivity index (χ1v) is 10.5. The van der Waals surface area contributed by atoms with E-state index in [1.54, 1.807) is 13.2 Å². The van der Waals surface area contributed by atoms with Gasteiger partial charge in [0.15, 0.2) is 0 Å². The zero-order valence-electron chi connectivity index (χ0n) is 17.5. The van der Waals surface area contributed by atoms with Gasteiger partial charge in [-0.05, 0) is 42.8 Å². The Morgan fingerprint density at radius 1 is 1.10 bits per heavy atom. The van der Waals surface area contributed by atoms with Crippen LogP contribution in [-0.2, 0) is 14.3 Å². The lowest BCUT2D eigenvalue weighted by atomic mass is 9.91. The molecule has 1 aliphatic rings. The van der Waals surface area contributed by atoms with Gasteiger partial charge in [0, 0.05) is 42.6 Å². The third-order valence-electron chi connectivity index (χ3n) is 5.57. The minimum Gasteiger partial charge on any atom is -0.461 e. The zero-order valence-corrected chi connectivity index (χ0v) is 17.5. The summed E-state index contributed by atoms with van der Waals surface area (Å²) in [5.74, 6) is -0.311. The highest BCUT2D eigenvalue weighted by Crippen LogP contribution is 2.29. The number of ether oxygens (including phenoxy) is 2. The monoisotopic (exact) mass is 421 g/mol. The lowest BCUT2D eigenvalue weighted by molar-refractivity contribution is -0.118. The number of hydrogen-bond acceptors (Lipinski definition) is 5. The van der Waals surface area contributed by atoms with E-state index in [1.807, 2.05) is 36.4 Å². The van der Waals surface area contributed by atoms with Crippen LogP contribution < -0.4 is 10.6 Å². The van der Waals surface area contributed by atoms with Crippen LogP contribution in [0.4, 0.5) is 5.69 Å². The summed E-state index contributed by atoms with van der Waals surface area (Å²) in [7, 11) is 1.61. The number of aromatic amines is 1. The molecular weight excluding hydrogens is 394 g/mol. The molecular formula is C24H27N3O4. The first-order valence-electron chi connectivity index (χ1n) is 10.5. The molecule has 3 aromatic rings. The molecule has 1 aliphatic heterocycles. The lowest BCUT2D eigenvalue weighted by Gasteiger charge is -2.19. The minimum absolute atomic E-state index is 0.0565. The number of carbonyl (C=O) groups excluding carboxylic acids is 2. The van der Waals surface area contributed by atoms with Crippen molar-refractivity contribution in [3.05, 3.63) is 65.9 Å². The number of anilines is 1. The Morgan fingerprint density at radius 2 is 1.94 bits per heavy atom. The van der Waals surface area contributed by atoms with Gasteiger partial charge in [-0.3, -0.25) is 4.79 Å². The van der Waals surface area contributed by atoms with E-state index in [1.165, 1.54) is 5.56 Å². The predicted octanol–water partition coefficient (Wildman–Crippen LogP) is 3.45. The molecule has 0 spiro atoms. The third-order valence-corrected chi connectivity index (χ3v) is 5.57.